The van der Waals surface area contributed by atoms with Crippen molar-refractivity contribution in [2.75, 3.05) is 27.2 Å². The average Bonchev–Trinajstić information content (AvgIpc) is 1.63. The van der Waals surface area contributed by atoms with Crippen molar-refractivity contribution in [2.45, 2.75) is 137 Å². The molecule has 6 amide bonds. The van der Waals surface area contributed by atoms with Gasteiger partial charge in [0.25, 0.3) is 35.4 Å². The van der Waals surface area contributed by atoms with Crippen molar-refractivity contribution in [3.05, 3.63) is 201 Å². The van der Waals surface area contributed by atoms with E-state index in [0.29, 0.717) is 72.5 Å². The third kappa shape index (κ3) is 21.0. The van der Waals surface area contributed by atoms with Gasteiger partial charge in [0.15, 0.2) is 0 Å². The lowest BCUT2D eigenvalue weighted by Crippen LogP contribution is -2.29. The highest BCUT2D eigenvalue weighted by molar-refractivity contribution is 7.23. The first-order valence-corrected chi connectivity index (χ1v) is 50.6. The van der Waals surface area contributed by atoms with Crippen LogP contribution in [0.25, 0.3) is 128 Å². The van der Waals surface area contributed by atoms with E-state index in [4.69, 9.17) is 69.6 Å². The number of carbonyl (C=O) groups excluding carboxylic acids is 6. The molecule has 0 bridgehead atoms. The molecule has 0 aliphatic rings. The molecule has 0 spiro atoms. The molecular weight excluding hydrogens is 1990 g/mol. The summed E-state index contributed by atoms with van der Waals surface area (Å²) in [7, 11) is 14.4. The largest absolute Gasteiger partial charge is 0.354 e. The normalized spacial score (nSPS) is 11.3. The van der Waals surface area contributed by atoms with Crippen LogP contribution in [0.2, 0.25) is 30.1 Å². The minimum atomic E-state index is -0.130. The number of hydrogen-bond acceptors (Lipinski definition) is 24. The third-order valence-corrected chi connectivity index (χ3v) is 32.1. The predicted octanol–water partition coefficient (Wildman–Crippen LogP) is 22.3. The van der Waals surface area contributed by atoms with Crippen molar-refractivity contribution in [2.24, 2.45) is 42.3 Å². The first kappa shape index (κ1) is 104. The van der Waals surface area contributed by atoms with E-state index >= 15 is 0 Å². The number of thiophene rings is 6. The number of nitrogens with zero attached hydrogens (tertiary/aromatic N) is 18. The molecule has 0 radical (unpaired) electrons. The van der Waals surface area contributed by atoms with Crippen LogP contribution in [0.1, 0.15) is 167 Å². The van der Waals surface area contributed by atoms with Gasteiger partial charge in [-0.05, 0) is 158 Å². The van der Waals surface area contributed by atoms with E-state index in [-0.39, 0.29) is 47.5 Å². The lowest BCUT2D eigenvalue weighted by atomic mass is 10.0. The van der Waals surface area contributed by atoms with Gasteiger partial charge in [0.2, 0.25) is 0 Å². The summed E-state index contributed by atoms with van der Waals surface area (Å²) in [6, 6.07) is 0.118. The number of fused-ring (bicyclic) bond motifs is 6. The number of nitrogens with one attached hydrogen (secondary N) is 6. The number of halogens is 6. The number of aryl methyl sites for hydroxylation is 18. The molecular formula is C96H102Cl6N24O6S6. The van der Waals surface area contributed by atoms with Crippen molar-refractivity contribution in [1.82, 2.24) is 120 Å². The van der Waals surface area contributed by atoms with Crippen molar-refractivity contribution < 1.29 is 28.8 Å². The molecule has 0 atom stereocenters. The Labute approximate surface area is 850 Å². The monoisotopic (exact) mass is 2090 g/mol. The molecule has 0 aliphatic carbocycles. The van der Waals surface area contributed by atoms with Crippen LogP contribution in [0.4, 0.5) is 0 Å². The Morgan fingerprint density at radius 1 is 0.283 bits per heavy atom. The molecule has 0 unspecified atom stereocenters. The average molecular weight is 2090 g/mol. The van der Waals surface area contributed by atoms with Crippen molar-refractivity contribution >= 4 is 234 Å². The number of carbonyl (C=O) groups is 6. The second-order valence-corrected chi connectivity index (χ2v) is 41.5. The number of pyridine rings is 6. The third-order valence-electron chi connectivity index (χ3n) is 22.3. The predicted molar refractivity (Wildman–Crippen MR) is 566 cm³/mol. The van der Waals surface area contributed by atoms with E-state index in [1.165, 1.54) is 68.0 Å². The van der Waals surface area contributed by atoms with E-state index in [9.17, 15) is 28.8 Å². The van der Waals surface area contributed by atoms with Gasteiger partial charge >= 0.3 is 0 Å². The molecule has 42 heteroatoms. The summed E-state index contributed by atoms with van der Waals surface area (Å²) in [6.45, 7) is 35.8. The van der Waals surface area contributed by atoms with Crippen molar-refractivity contribution in [3.8, 4) is 66.8 Å². The number of rotatable bonds is 16. The van der Waals surface area contributed by atoms with Gasteiger partial charge in [-0.25, -0.2) is 29.9 Å². The molecule has 6 N–H and O–H groups in total. The fourth-order valence-corrected chi connectivity index (χ4v) is 24.0. The second kappa shape index (κ2) is 43.1. The zero-order chi connectivity index (χ0) is 101. The first-order chi connectivity index (χ1) is 65.3. The minimum absolute atomic E-state index is 0.0591. The Kier molecular flexibility index (Phi) is 32.4. The fraction of sp³-hybridized carbons (Fsp3) is 0.312. The van der Waals surface area contributed by atoms with Crippen molar-refractivity contribution in [1.29, 1.82) is 0 Å². The Morgan fingerprint density at radius 3 is 0.580 bits per heavy atom. The van der Waals surface area contributed by atoms with E-state index in [1.807, 2.05) is 204 Å². The summed E-state index contributed by atoms with van der Waals surface area (Å²) in [5.41, 5.74) is 20.8. The van der Waals surface area contributed by atoms with E-state index in [2.05, 4.69) is 92.4 Å². The van der Waals surface area contributed by atoms with Crippen LogP contribution >= 0.6 is 138 Å². The molecule has 18 heterocycles. The van der Waals surface area contributed by atoms with Crippen LogP contribution in [0.3, 0.4) is 0 Å². The quantitative estimate of drug-likeness (QED) is 0.0523. The maximum Gasteiger partial charge on any atom is 0.262 e. The molecule has 0 saturated carbocycles. The number of hydrogen-bond donors (Lipinski definition) is 6. The fourth-order valence-electron chi connectivity index (χ4n) is 15.8. The van der Waals surface area contributed by atoms with Crippen LogP contribution in [0.5, 0.6) is 0 Å². The smallest absolute Gasteiger partial charge is 0.262 e. The second-order valence-electron chi connectivity index (χ2n) is 33.3. The molecule has 18 rings (SSSR count). The van der Waals surface area contributed by atoms with E-state index < -0.39 is 0 Å². The molecule has 0 saturated heterocycles. The topological polar surface area (TPSA) is 359 Å². The minimum Gasteiger partial charge on any atom is -0.354 e. The van der Waals surface area contributed by atoms with Crippen LogP contribution in [0, 0.1) is 83.1 Å². The van der Waals surface area contributed by atoms with E-state index in [1.54, 1.807) is 79.4 Å². The van der Waals surface area contributed by atoms with Gasteiger partial charge < -0.3 is 31.9 Å². The van der Waals surface area contributed by atoms with Gasteiger partial charge in [-0.2, -0.15) is 30.6 Å². The molecule has 30 nitrogen and oxygen atoms in total. The molecule has 18 aromatic rings. The summed E-state index contributed by atoms with van der Waals surface area (Å²) < 4.78 is 10.3. The van der Waals surface area contributed by atoms with Gasteiger partial charge in [-0.3, -0.25) is 56.9 Å². The molecule has 720 valence electrons. The van der Waals surface area contributed by atoms with Gasteiger partial charge in [0.05, 0.1) is 101 Å². The summed E-state index contributed by atoms with van der Waals surface area (Å²) in [4.78, 5) is 111. The standard InChI is InChI=1S/2C17H19ClN4OS.2C16H17ClN4OS.2C15H15ClN4OS/c2*1-8(2)20-16(23)15-13(11-6-19-22(5)7-11)12-9(3)14(18)10(4)21-17(12)24-15;2*1-5-18-15(22)14-12(10-6-19-21(4)7-10)11-8(2)13(17)9(3)20-16(11)23-14;2*1-7-10-11(9-5-18-20(4)6-9)13(14(21)17-3)22-15(10)19-8(2)12(7)16/h2*6-8H,1-5H3,(H,20,23);2*6-7H,5H2,1-4H3,(H,18,22);2*5-6H,1-4H3,(H,17,21). The highest BCUT2D eigenvalue weighted by Crippen LogP contribution is 2.49. The first-order valence-electron chi connectivity index (χ1n) is 43.4. The zero-order valence-electron chi connectivity index (χ0n) is 80.7. The maximum atomic E-state index is 12.7. The number of aromatic nitrogens is 18. The maximum absolute atomic E-state index is 12.7. The SMILES string of the molecule is CCNC(=O)c1sc2nc(C)c(Cl)c(C)c2c1-c1cnn(C)c1.CCNC(=O)c1sc2nc(C)c(Cl)c(C)c2c1-c1cnn(C)c1.CNC(=O)c1sc2nc(C)c(Cl)c(C)c2c1-c1cnn(C)c1.CNC(=O)c1sc2nc(C)c(Cl)c(C)c2c1-c1cnn(C)c1.Cc1nc2sc(C(=O)NC(C)C)c(-c3cnn(C)c3)c2c(C)c1Cl.Cc1nc2sc(C(=O)NC(C)C)c(-c3cnn(C)c3)c2c(C)c1Cl. The van der Waals surface area contributed by atoms with Gasteiger partial charge in [-0.1, -0.05) is 69.6 Å². The molecule has 0 aromatic carbocycles. The molecule has 18 aromatic heterocycles. The lowest BCUT2D eigenvalue weighted by molar-refractivity contribution is 0.0939. The summed E-state index contributed by atoms with van der Waals surface area (Å²) in [5, 5.41) is 51.8. The van der Waals surface area contributed by atoms with Gasteiger partial charge in [-0.15, -0.1) is 68.0 Å². The summed E-state index contributed by atoms with van der Waals surface area (Å²) >= 11 is 46.7. The molecule has 0 aliphatic heterocycles. The van der Waals surface area contributed by atoms with Crippen LogP contribution in [-0.4, -0.2) is 163 Å². The Hall–Kier alpha value is -11.5. The highest BCUT2D eigenvalue weighted by atomic mass is 35.5. The van der Waals surface area contributed by atoms with Gasteiger partial charge in [0.1, 0.15) is 58.2 Å². The van der Waals surface area contributed by atoms with Crippen LogP contribution in [0.15, 0.2) is 74.4 Å². The Balaban J connectivity index is 0.000000140. The van der Waals surface area contributed by atoms with E-state index in [0.717, 1.165) is 196 Å². The van der Waals surface area contributed by atoms with Crippen molar-refractivity contribution in [3.63, 3.8) is 0 Å². The number of amides is 6. The van der Waals surface area contributed by atoms with Crippen LogP contribution in [-0.2, 0) is 42.3 Å². The summed E-state index contributed by atoms with van der Waals surface area (Å²) in [6.07, 6.45) is 21.9. The van der Waals surface area contributed by atoms with Gasteiger partial charge in [0, 0.05) is 218 Å². The van der Waals surface area contributed by atoms with Crippen LogP contribution < -0.4 is 31.9 Å². The molecule has 138 heavy (non-hydrogen) atoms. The Bertz CT molecular complexity index is 7390. The Morgan fingerprint density at radius 2 is 0.442 bits per heavy atom. The zero-order valence-corrected chi connectivity index (χ0v) is 90.1. The lowest BCUT2D eigenvalue weighted by Gasteiger charge is -2.09. The summed E-state index contributed by atoms with van der Waals surface area (Å²) in [5.74, 6) is -0.643. The molecule has 0 fully saturated rings. The highest BCUT2D eigenvalue weighted by Gasteiger charge is 2.33.